The number of hydrogen-bond donors (Lipinski definition) is 1. The van der Waals surface area contributed by atoms with Crippen LogP contribution in [0.4, 0.5) is 18.0 Å². The van der Waals surface area contributed by atoms with Crippen molar-refractivity contribution in [3.8, 4) is 0 Å². The Balaban J connectivity index is 2.23. The zero-order valence-electron chi connectivity index (χ0n) is 9.87. The lowest BCUT2D eigenvalue weighted by atomic mass is 9.61. The van der Waals surface area contributed by atoms with Gasteiger partial charge in [-0.2, -0.15) is 13.2 Å². The number of carbonyl (C=O) groups excluding carboxylic acids is 1. The molecule has 1 amide bonds. The number of fused-ring (bicyclic) bond motifs is 1. The average Bonchev–Trinajstić information content (AvgIpc) is 2.76. The molecule has 0 radical (unpaired) electrons. The summed E-state index contributed by atoms with van der Waals surface area (Å²) in [7, 11) is 0. The van der Waals surface area contributed by atoms with E-state index in [2.05, 4.69) is 11.3 Å². The Bertz CT molecular complexity index is 440. The normalized spacial score (nSPS) is 32.7. The Morgan fingerprint density at radius 3 is 2.42 bits per heavy atom. The second-order valence-corrected chi connectivity index (χ2v) is 4.92. The molecule has 0 aromatic carbocycles. The molecule has 3 fully saturated rings. The van der Waals surface area contributed by atoms with Gasteiger partial charge in [0.1, 0.15) is 12.1 Å². The first-order valence-corrected chi connectivity index (χ1v) is 5.54. The monoisotopic (exact) mass is 279 g/mol. The molecule has 106 valence electrons. The van der Waals surface area contributed by atoms with E-state index in [-0.39, 0.29) is 6.61 Å². The maximum Gasteiger partial charge on any atom is 0.411 e. The zero-order valence-corrected chi connectivity index (χ0v) is 9.87. The lowest BCUT2D eigenvalue weighted by Crippen LogP contribution is -2.59. The summed E-state index contributed by atoms with van der Waals surface area (Å²) in [5, 5.41) is 9.10. The van der Waals surface area contributed by atoms with Crippen LogP contribution in [0.1, 0.15) is 12.8 Å². The predicted octanol–water partition coefficient (Wildman–Crippen LogP) is 1.79. The van der Waals surface area contributed by atoms with Crippen molar-refractivity contribution in [2.75, 3.05) is 13.2 Å². The van der Waals surface area contributed by atoms with Crippen LogP contribution in [0.15, 0.2) is 12.7 Å². The summed E-state index contributed by atoms with van der Waals surface area (Å²) in [6.45, 7) is 2.46. The Kier molecular flexibility index (Phi) is 2.80. The van der Waals surface area contributed by atoms with Crippen molar-refractivity contribution < 1.29 is 32.6 Å². The maximum atomic E-state index is 12.9. The lowest BCUT2D eigenvalue weighted by molar-refractivity contribution is -0.243. The second kappa shape index (κ2) is 3.88. The van der Waals surface area contributed by atoms with Crippen LogP contribution < -0.4 is 0 Å². The van der Waals surface area contributed by atoms with Gasteiger partial charge in [0.25, 0.3) is 0 Å². The van der Waals surface area contributed by atoms with Crippen molar-refractivity contribution in [2.24, 2.45) is 5.41 Å². The number of amides is 1. The maximum absolute atomic E-state index is 12.9. The summed E-state index contributed by atoms with van der Waals surface area (Å²) >= 11 is 0. The number of carboxylic acids is 1. The fourth-order valence-corrected chi connectivity index (χ4v) is 2.83. The van der Waals surface area contributed by atoms with Gasteiger partial charge in [0.15, 0.2) is 0 Å². The number of ether oxygens (including phenoxy) is 1. The average molecular weight is 279 g/mol. The van der Waals surface area contributed by atoms with Gasteiger partial charge in [-0.3, -0.25) is 4.90 Å². The molecule has 3 rings (SSSR count). The van der Waals surface area contributed by atoms with E-state index < -0.39 is 48.6 Å². The van der Waals surface area contributed by atoms with Crippen LogP contribution in [0.25, 0.3) is 0 Å². The fraction of sp³-hybridized carbons (Fsp3) is 0.636. The minimum absolute atomic E-state index is 0.177. The third kappa shape index (κ3) is 1.69. The van der Waals surface area contributed by atoms with Gasteiger partial charge >= 0.3 is 18.2 Å². The zero-order chi connectivity index (χ0) is 14.5. The van der Waals surface area contributed by atoms with E-state index in [1.807, 2.05) is 0 Å². The SMILES string of the molecule is C=CCOC(=O)N1CC2(C(F)(F)F)CC1(C(=O)O)C2. The van der Waals surface area contributed by atoms with Gasteiger partial charge in [-0.1, -0.05) is 12.7 Å². The number of carbonyl (C=O) groups is 2. The minimum Gasteiger partial charge on any atom is -0.479 e. The molecule has 0 aromatic rings. The minimum atomic E-state index is -4.53. The molecule has 1 N–H and O–H groups in total. The van der Waals surface area contributed by atoms with Crippen molar-refractivity contribution in [2.45, 2.75) is 24.6 Å². The Morgan fingerprint density at radius 1 is 1.42 bits per heavy atom. The highest BCUT2D eigenvalue weighted by Crippen LogP contribution is 2.66. The number of alkyl halides is 3. The Hall–Kier alpha value is -1.73. The summed E-state index contributed by atoms with van der Waals surface area (Å²) in [6, 6.07) is 0. The smallest absolute Gasteiger partial charge is 0.411 e. The highest BCUT2D eigenvalue weighted by Gasteiger charge is 2.79. The van der Waals surface area contributed by atoms with Crippen LogP contribution in [-0.4, -0.2) is 46.9 Å². The number of nitrogens with zero attached hydrogens (tertiary/aromatic N) is 1. The van der Waals surface area contributed by atoms with Gasteiger partial charge in [0.05, 0.1) is 5.41 Å². The Labute approximate surface area is 106 Å². The molecule has 2 heterocycles. The molecule has 1 aliphatic carbocycles. The third-order valence-corrected chi connectivity index (χ3v) is 3.78. The van der Waals surface area contributed by atoms with E-state index in [4.69, 9.17) is 5.11 Å². The molecule has 5 nitrogen and oxygen atoms in total. The summed E-state index contributed by atoms with van der Waals surface area (Å²) in [5.41, 5.74) is -3.90. The molecule has 8 heteroatoms. The van der Waals surface area contributed by atoms with Crippen LogP contribution in [0.5, 0.6) is 0 Å². The van der Waals surface area contributed by atoms with Gasteiger partial charge < -0.3 is 9.84 Å². The summed E-state index contributed by atoms with van der Waals surface area (Å²) in [5.74, 6) is -1.43. The molecule has 3 aliphatic rings. The third-order valence-electron chi connectivity index (χ3n) is 3.78. The van der Waals surface area contributed by atoms with Crippen molar-refractivity contribution in [1.82, 2.24) is 4.90 Å². The van der Waals surface area contributed by atoms with Gasteiger partial charge in [0, 0.05) is 6.54 Å². The van der Waals surface area contributed by atoms with E-state index >= 15 is 0 Å². The molecule has 0 aromatic heterocycles. The lowest BCUT2D eigenvalue weighted by Gasteiger charge is -2.44. The van der Waals surface area contributed by atoms with Crippen LogP contribution >= 0.6 is 0 Å². The first kappa shape index (κ1) is 13.7. The second-order valence-electron chi connectivity index (χ2n) is 4.92. The first-order chi connectivity index (χ1) is 8.68. The highest BCUT2D eigenvalue weighted by molar-refractivity contribution is 5.87. The van der Waals surface area contributed by atoms with E-state index in [9.17, 15) is 22.8 Å². The van der Waals surface area contributed by atoms with Crippen LogP contribution in [-0.2, 0) is 9.53 Å². The molecular weight excluding hydrogens is 267 g/mol. The van der Waals surface area contributed by atoms with Crippen molar-refractivity contribution in [3.63, 3.8) is 0 Å². The van der Waals surface area contributed by atoms with Gasteiger partial charge in [0.2, 0.25) is 0 Å². The predicted molar refractivity (Wildman–Crippen MR) is 56.3 cm³/mol. The molecule has 0 spiro atoms. The molecule has 0 atom stereocenters. The standard InChI is InChI=1S/C11H12F3NO4/c1-2-3-19-8(18)15-6-9(11(12,13)14)4-10(15,5-9)7(16)17/h2H,1,3-6H2,(H,16,17). The molecule has 2 aliphatic heterocycles. The number of halogens is 3. The number of carboxylic acid groups (broad SMARTS) is 1. The molecule has 2 bridgehead atoms. The summed E-state index contributed by atoms with van der Waals surface area (Å²) in [4.78, 5) is 23.5. The van der Waals surface area contributed by atoms with Crippen LogP contribution in [0.3, 0.4) is 0 Å². The largest absolute Gasteiger partial charge is 0.479 e. The quantitative estimate of drug-likeness (QED) is 0.800. The van der Waals surface area contributed by atoms with Crippen LogP contribution in [0, 0.1) is 5.41 Å². The first-order valence-electron chi connectivity index (χ1n) is 5.54. The van der Waals surface area contributed by atoms with E-state index in [0.29, 0.717) is 4.90 Å². The number of rotatable bonds is 3. The molecule has 2 saturated heterocycles. The summed E-state index contributed by atoms with van der Waals surface area (Å²) in [6.07, 6.45) is -5.54. The topological polar surface area (TPSA) is 66.8 Å². The van der Waals surface area contributed by atoms with E-state index in [1.54, 1.807) is 0 Å². The van der Waals surface area contributed by atoms with Crippen molar-refractivity contribution in [1.29, 1.82) is 0 Å². The highest BCUT2D eigenvalue weighted by atomic mass is 19.4. The molecular formula is C11H12F3NO4. The Morgan fingerprint density at radius 2 is 2.00 bits per heavy atom. The molecule has 19 heavy (non-hydrogen) atoms. The van der Waals surface area contributed by atoms with Crippen molar-refractivity contribution >= 4 is 12.1 Å². The summed E-state index contributed by atoms with van der Waals surface area (Å²) < 4.78 is 43.4. The van der Waals surface area contributed by atoms with Crippen LogP contribution in [0.2, 0.25) is 0 Å². The molecule has 1 saturated carbocycles. The van der Waals surface area contributed by atoms with Gasteiger partial charge in [-0.05, 0) is 12.8 Å². The van der Waals surface area contributed by atoms with Gasteiger partial charge in [-0.25, -0.2) is 9.59 Å². The molecule has 0 unspecified atom stereocenters. The fourth-order valence-electron chi connectivity index (χ4n) is 2.83. The van der Waals surface area contributed by atoms with Gasteiger partial charge in [-0.15, -0.1) is 0 Å². The number of aliphatic carboxylic acids is 1. The van der Waals surface area contributed by atoms with E-state index in [1.165, 1.54) is 6.08 Å². The van der Waals surface area contributed by atoms with E-state index in [0.717, 1.165) is 0 Å². The number of hydrogen-bond acceptors (Lipinski definition) is 3. The van der Waals surface area contributed by atoms with Crippen molar-refractivity contribution in [3.05, 3.63) is 12.7 Å².